The highest BCUT2D eigenvalue weighted by atomic mass is 16.2. The van der Waals surface area contributed by atoms with Crippen LogP contribution in [0.5, 0.6) is 0 Å². The van der Waals surface area contributed by atoms with Crippen LogP contribution in [0.3, 0.4) is 0 Å². The quantitative estimate of drug-likeness (QED) is 0.887. The Balaban J connectivity index is 2.90. The Bertz CT molecular complexity index is 464. The fourth-order valence-electron chi connectivity index (χ4n) is 1.90. The number of Topliss-reactive ketones (excluding diaryl/α,β-unsaturated/α-hetero) is 1. The molecule has 0 bridgehead atoms. The van der Waals surface area contributed by atoms with E-state index in [0.29, 0.717) is 6.42 Å². The highest BCUT2D eigenvalue weighted by Gasteiger charge is 2.11. The van der Waals surface area contributed by atoms with Gasteiger partial charge in [0.15, 0.2) is 0 Å². The fraction of sp³-hybridized carbons (Fsp3) is 0.467. The van der Waals surface area contributed by atoms with Crippen molar-refractivity contribution in [1.29, 1.82) is 0 Å². The predicted molar refractivity (Wildman–Crippen MR) is 73.9 cm³/mol. The molecule has 3 heteroatoms. The van der Waals surface area contributed by atoms with E-state index in [1.165, 1.54) is 18.1 Å². The Labute approximate surface area is 109 Å². The third kappa shape index (κ3) is 3.42. The Hall–Kier alpha value is -1.64. The lowest BCUT2D eigenvalue weighted by atomic mass is 9.98. The van der Waals surface area contributed by atoms with Gasteiger partial charge in [0.1, 0.15) is 5.78 Å². The van der Waals surface area contributed by atoms with Crippen LogP contribution >= 0.6 is 0 Å². The van der Waals surface area contributed by atoms with Gasteiger partial charge in [-0.3, -0.25) is 4.79 Å². The van der Waals surface area contributed by atoms with Crippen LogP contribution in [0.4, 0.5) is 5.69 Å². The van der Waals surface area contributed by atoms with Gasteiger partial charge in [-0.25, -0.2) is 0 Å². The van der Waals surface area contributed by atoms with Gasteiger partial charge < -0.3 is 10.1 Å². The Morgan fingerprint density at radius 2 is 1.50 bits per heavy atom. The van der Waals surface area contributed by atoms with Crippen molar-refractivity contribution < 1.29 is 9.59 Å². The molecule has 0 fully saturated rings. The number of benzene rings is 1. The van der Waals surface area contributed by atoms with Gasteiger partial charge >= 0.3 is 0 Å². The Morgan fingerprint density at radius 3 is 1.94 bits per heavy atom. The van der Waals surface area contributed by atoms with Crippen LogP contribution in [0.2, 0.25) is 0 Å². The van der Waals surface area contributed by atoms with Crippen LogP contribution in [0, 0.1) is 27.7 Å². The minimum Gasteiger partial charge on any atom is -0.326 e. The van der Waals surface area contributed by atoms with Crippen molar-refractivity contribution >= 4 is 17.4 Å². The van der Waals surface area contributed by atoms with E-state index < -0.39 is 0 Å². The molecular weight excluding hydrogens is 226 g/mol. The number of hydrogen-bond acceptors (Lipinski definition) is 2. The molecule has 0 heterocycles. The molecule has 0 aliphatic rings. The molecule has 3 nitrogen and oxygen atoms in total. The predicted octanol–water partition coefficient (Wildman–Crippen LogP) is 3.23. The topological polar surface area (TPSA) is 46.2 Å². The van der Waals surface area contributed by atoms with Crippen molar-refractivity contribution in [3.05, 3.63) is 28.3 Å². The lowest BCUT2D eigenvalue weighted by molar-refractivity contribution is -0.121. The zero-order valence-electron chi connectivity index (χ0n) is 11.8. The van der Waals surface area contributed by atoms with E-state index in [0.717, 1.165) is 16.8 Å². The first-order valence-corrected chi connectivity index (χ1v) is 6.19. The van der Waals surface area contributed by atoms with Crippen LogP contribution in [0.1, 0.15) is 42.0 Å². The monoisotopic (exact) mass is 247 g/mol. The molecule has 0 unspecified atom stereocenters. The first kappa shape index (κ1) is 14.4. The van der Waals surface area contributed by atoms with Crippen LogP contribution in [-0.2, 0) is 9.59 Å². The number of nitrogens with one attached hydrogen (secondary N) is 1. The molecule has 1 aromatic rings. The Morgan fingerprint density at radius 1 is 1.00 bits per heavy atom. The van der Waals surface area contributed by atoms with Gasteiger partial charge in [-0.2, -0.15) is 0 Å². The fourth-order valence-corrected chi connectivity index (χ4v) is 1.90. The highest BCUT2D eigenvalue weighted by molar-refractivity contribution is 5.94. The molecule has 0 aliphatic heterocycles. The molecule has 0 aliphatic carbocycles. The van der Waals surface area contributed by atoms with E-state index in [2.05, 4.69) is 11.4 Å². The van der Waals surface area contributed by atoms with E-state index in [4.69, 9.17) is 0 Å². The summed E-state index contributed by atoms with van der Waals surface area (Å²) >= 11 is 0. The van der Waals surface area contributed by atoms with Crippen molar-refractivity contribution in [2.75, 3.05) is 5.32 Å². The number of anilines is 1. The van der Waals surface area contributed by atoms with Gasteiger partial charge in [0.05, 0.1) is 0 Å². The van der Waals surface area contributed by atoms with Crippen molar-refractivity contribution in [2.24, 2.45) is 0 Å². The van der Waals surface area contributed by atoms with Crippen molar-refractivity contribution in [3.8, 4) is 0 Å². The van der Waals surface area contributed by atoms with E-state index in [-0.39, 0.29) is 18.1 Å². The second kappa shape index (κ2) is 5.80. The summed E-state index contributed by atoms with van der Waals surface area (Å²) in [6.07, 6.45) is 0.552. The van der Waals surface area contributed by atoms with E-state index in [1.54, 1.807) is 0 Å². The van der Waals surface area contributed by atoms with Crippen LogP contribution < -0.4 is 5.32 Å². The van der Waals surface area contributed by atoms with E-state index in [9.17, 15) is 9.59 Å². The molecule has 0 saturated heterocycles. The second-order valence-electron chi connectivity index (χ2n) is 4.89. The summed E-state index contributed by atoms with van der Waals surface area (Å²) in [7, 11) is 0. The van der Waals surface area contributed by atoms with Crippen LogP contribution in [0.25, 0.3) is 0 Å². The summed E-state index contributed by atoms with van der Waals surface area (Å²) in [6.45, 7) is 9.57. The summed E-state index contributed by atoms with van der Waals surface area (Å²) in [5.41, 5.74) is 5.41. The molecular formula is C15H21NO2. The van der Waals surface area contributed by atoms with E-state index >= 15 is 0 Å². The molecule has 0 saturated carbocycles. The SMILES string of the molecule is CC(=O)CCC(=O)Nc1c(C)c(C)cc(C)c1C. The molecule has 1 aromatic carbocycles. The molecule has 1 N–H and O–H groups in total. The van der Waals surface area contributed by atoms with Crippen molar-refractivity contribution in [1.82, 2.24) is 0 Å². The highest BCUT2D eigenvalue weighted by Crippen LogP contribution is 2.26. The molecule has 0 radical (unpaired) electrons. The number of carbonyl (C=O) groups is 2. The standard InChI is InChI=1S/C15H21NO2/c1-9-8-10(2)13(5)15(12(9)4)16-14(18)7-6-11(3)17/h8H,6-7H2,1-5H3,(H,16,18). The number of rotatable bonds is 4. The minimum atomic E-state index is -0.0959. The number of carbonyl (C=O) groups excluding carboxylic acids is 2. The second-order valence-corrected chi connectivity index (χ2v) is 4.89. The molecule has 0 atom stereocenters. The number of hydrogen-bond donors (Lipinski definition) is 1. The van der Waals surface area contributed by atoms with Gasteiger partial charge in [0.2, 0.25) is 5.91 Å². The largest absolute Gasteiger partial charge is 0.326 e. The number of aryl methyl sites for hydroxylation is 2. The molecule has 0 spiro atoms. The summed E-state index contributed by atoms with van der Waals surface area (Å²) in [6, 6.07) is 2.12. The van der Waals surface area contributed by atoms with Crippen LogP contribution in [0.15, 0.2) is 6.07 Å². The zero-order chi connectivity index (χ0) is 13.9. The molecule has 0 aromatic heterocycles. The average molecular weight is 247 g/mol. The maximum absolute atomic E-state index is 11.8. The first-order chi connectivity index (χ1) is 8.32. The van der Waals surface area contributed by atoms with Gasteiger partial charge in [0.25, 0.3) is 0 Å². The Kier molecular flexibility index (Phi) is 4.65. The maximum Gasteiger partial charge on any atom is 0.224 e. The van der Waals surface area contributed by atoms with Crippen LogP contribution in [-0.4, -0.2) is 11.7 Å². The summed E-state index contributed by atoms with van der Waals surface area (Å²) in [5.74, 6) is -0.0552. The normalized spacial score (nSPS) is 10.3. The molecule has 98 valence electrons. The summed E-state index contributed by atoms with van der Waals surface area (Å²) in [4.78, 5) is 22.6. The van der Waals surface area contributed by atoms with Gasteiger partial charge in [-0.1, -0.05) is 6.07 Å². The minimum absolute atomic E-state index is 0.0408. The third-order valence-corrected chi connectivity index (χ3v) is 3.33. The number of amides is 1. The van der Waals surface area contributed by atoms with Crippen molar-refractivity contribution in [3.63, 3.8) is 0 Å². The first-order valence-electron chi connectivity index (χ1n) is 6.19. The zero-order valence-corrected chi connectivity index (χ0v) is 11.8. The van der Waals surface area contributed by atoms with Gasteiger partial charge in [0, 0.05) is 18.5 Å². The summed E-state index contributed by atoms with van der Waals surface area (Å²) < 4.78 is 0. The smallest absolute Gasteiger partial charge is 0.224 e. The maximum atomic E-state index is 11.8. The third-order valence-electron chi connectivity index (χ3n) is 3.33. The lowest BCUT2D eigenvalue weighted by Crippen LogP contribution is -2.15. The lowest BCUT2D eigenvalue weighted by Gasteiger charge is -2.16. The van der Waals surface area contributed by atoms with Gasteiger partial charge in [-0.05, 0) is 56.9 Å². The summed E-state index contributed by atoms with van der Waals surface area (Å²) in [5, 5.41) is 2.92. The van der Waals surface area contributed by atoms with Crippen molar-refractivity contribution in [2.45, 2.75) is 47.5 Å². The average Bonchev–Trinajstić information content (AvgIpc) is 2.29. The molecule has 18 heavy (non-hydrogen) atoms. The van der Waals surface area contributed by atoms with Gasteiger partial charge in [-0.15, -0.1) is 0 Å². The molecule has 1 rings (SSSR count). The van der Waals surface area contributed by atoms with E-state index in [1.807, 2.05) is 27.7 Å². The molecule has 1 amide bonds. The number of ketones is 1.